The van der Waals surface area contributed by atoms with E-state index in [1.165, 1.54) is 0 Å². The molecule has 1 aromatic carbocycles. The van der Waals surface area contributed by atoms with E-state index in [1.54, 1.807) is 38.1 Å². The molecule has 100 valence electrons. The van der Waals surface area contributed by atoms with Crippen molar-refractivity contribution in [2.75, 3.05) is 17.7 Å². The smallest absolute Gasteiger partial charge is 0.338 e. The molecule has 0 aliphatic heterocycles. The van der Waals surface area contributed by atoms with Gasteiger partial charge in [-0.3, -0.25) is 0 Å². The molecule has 0 amide bonds. The average Bonchev–Trinajstić information content (AvgIpc) is 2.35. The molecular weight excluding hydrogens is 254 g/mol. The van der Waals surface area contributed by atoms with Crippen LogP contribution in [0, 0.1) is 0 Å². The van der Waals surface area contributed by atoms with Gasteiger partial charge in [0.05, 0.1) is 23.7 Å². The number of hydrogen-bond acceptors (Lipinski definition) is 4. The van der Waals surface area contributed by atoms with E-state index >= 15 is 0 Å². The molecule has 0 heterocycles. The van der Waals surface area contributed by atoms with Crippen LogP contribution in [0.3, 0.4) is 0 Å². The third-order valence-electron chi connectivity index (χ3n) is 2.18. The first-order valence-corrected chi connectivity index (χ1v) is 6.35. The number of hydrogen-bond donors (Lipinski definition) is 2. The molecule has 0 saturated heterocycles. The number of ether oxygens (including phenoxy) is 1. The van der Waals surface area contributed by atoms with Crippen molar-refractivity contribution in [1.29, 1.82) is 0 Å². The van der Waals surface area contributed by atoms with Crippen molar-refractivity contribution in [1.82, 2.24) is 0 Å². The van der Waals surface area contributed by atoms with Crippen LogP contribution >= 0.6 is 11.6 Å². The van der Waals surface area contributed by atoms with Gasteiger partial charge in [0.25, 0.3) is 0 Å². The van der Waals surface area contributed by atoms with Crippen LogP contribution in [-0.4, -0.2) is 35.7 Å². The Morgan fingerprint density at radius 2 is 2.00 bits per heavy atom. The van der Waals surface area contributed by atoms with Gasteiger partial charge in [0, 0.05) is 12.2 Å². The number of carbonyl (C=O) groups excluding carboxylic acids is 1. The Hall–Kier alpha value is -1.26. The highest BCUT2D eigenvalue weighted by molar-refractivity contribution is 6.18. The van der Waals surface area contributed by atoms with Crippen molar-refractivity contribution in [3.8, 4) is 0 Å². The Kier molecular flexibility index (Phi) is 5.95. The Morgan fingerprint density at radius 1 is 1.39 bits per heavy atom. The Morgan fingerprint density at radius 3 is 2.50 bits per heavy atom. The van der Waals surface area contributed by atoms with Gasteiger partial charge in [-0.25, -0.2) is 4.79 Å². The maximum Gasteiger partial charge on any atom is 0.338 e. The molecule has 5 heteroatoms. The van der Waals surface area contributed by atoms with Crippen LogP contribution in [0.2, 0.25) is 0 Å². The first kappa shape index (κ1) is 14.8. The van der Waals surface area contributed by atoms with E-state index in [0.29, 0.717) is 12.1 Å². The number of halogens is 1. The average molecular weight is 272 g/mol. The van der Waals surface area contributed by atoms with Crippen molar-refractivity contribution in [2.24, 2.45) is 0 Å². The van der Waals surface area contributed by atoms with Gasteiger partial charge in [0.2, 0.25) is 0 Å². The summed E-state index contributed by atoms with van der Waals surface area (Å²) in [5.74, 6) is -0.149. The van der Waals surface area contributed by atoms with E-state index in [1.807, 2.05) is 0 Å². The minimum absolute atomic E-state index is 0.130. The van der Waals surface area contributed by atoms with Crippen LogP contribution in [0.25, 0.3) is 0 Å². The number of nitrogens with one attached hydrogen (secondary N) is 1. The van der Waals surface area contributed by atoms with E-state index in [4.69, 9.17) is 16.3 Å². The van der Waals surface area contributed by atoms with E-state index in [-0.39, 0.29) is 18.0 Å². The number of anilines is 1. The van der Waals surface area contributed by atoms with Crippen LogP contribution in [0.1, 0.15) is 24.2 Å². The summed E-state index contributed by atoms with van der Waals surface area (Å²) in [4.78, 5) is 11.6. The zero-order valence-corrected chi connectivity index (χ0v) is 11.3. The van der Waals surface area contributed by atoms with Crippen LogP contribution in [0.4, 0.5) is 5.69 Å². The molecule has 0 aromatic heterocycles. The summed E-state index contributed by atoms with van der Waals surface area (Å²) in [6.45, 7) is 3.99. The molecule has 0 spiro atoms. The van der Waals surface area contributed by atoms with Crippen molar-refractivity contribution < 1.29 is 14.6 Å². The van der Waals surface area contributed by atoms with Gasteiger partial charge in [-0.15, -0.1) is 11.6 Å². The summed E-state index contributed by atoms with van der Waals surface area (Å²) in [5, 5.41) is 12.3. The van der Waals surface area contributed by atoms with Crippen LogP contribution < -0.4 is 5.32 Å². The molecule has 18 heavy (non-hydrogen) atoms. The van der Waals surface area contributed by atoms with Gasteiger partial charge in [0.1, 0.15) is 0 Å². The number of aliphatic hydroxyl groups is 1. The molecule has 2 N–H and O–H groups in total. The summed E-state index contributed by atoms with van der Waals surface area (Å²) >= 11 is 5.48. The van der Waals surface area contributed by atoms with Crippen LogP contribution in [0.15, 0.2) is 24.3 Å². The summed E-state index contributed by atoms with van der Waals surface area (Å²) in [6.07, 6.45) is -0.716. The van der Waals surface area contributed by atoms with Gasteiger partial charge in [-0.2, -0.15) is 0 Å². The van der Waals surface area contributed by atoms with Crippen molar-refractivity contribution in [2.45, 2.75) is 26.1 Å². The number of esters is 1. The molecule has 0 bridgehead atoms. The Balaban J connectivity index is 2.54. The molecule has 4 nitrogen and oxygen atoms in total. The Labute approximate surface area is 112 Å². The lowest BCUT2D eigenvalue weighted by Crippen LogP contribution is -2.20. The number of carbonyl (C=O) groups is 1. The van der Waals surface area contributed by atoms with Gasteiger partial charge in [-0.05, 0) is 38.1 Å². The Bertz CT molecular complexity index is 378. The second-order valence-electron chi connectivity index (χ2n) is 4.22. The van der Waals surface area contributed by atoms with Crippen molar-refractivity contribution >= 4 is 23.3 Å². The molecule has 1 unspecified atom stereocenters. The highest BCUT2D eigenvalue weighted by Crippen LogP contribution is 2.11. The fraction of sp³-hybridized carbons (Fsp3) is 0.462. The summed E-state index contributed by atoms with van der Waals surface area (Å²) < 4.78 is 5.07. The maximum absolute atomic E-state index is 11.6. The standard InChI is InChI=1S/C13H18ClNO3/c1-9(2)18-13(17)10-3-5-11(6-4-10)15-8-12(16)7-14/h3-6,9,12,15-16H,7-8H2,1-2H3. The fourth-order valence-corrected chi connectivity index (χ4v) is 1.41. The van der Waals surface area contributed by atoms with E-state index in [2.05, 4.69) is 5.32 Å². The number of aliphatic hydroxyl groups excluding tert-OH is 1. The lowest BCUT2D eigenvalue weighted by atomic mass is 10.2. The third kappa shape index (κ3) is 4.94. The summed E-state index contributed by atoms with van der Waals surface area (Å²) in [6, 6.07) is 6.88. The third-order valence-corrected chi connectivity index (χ3v) is 2.54. The molecule has 0 fully saturated rings. The summed E-state index contributed by atoms with van der Waals surface area (Å²) in [5.41, 5.74) is 1.33. The molecule has 0 aliphatic rings. The minimum Gasteiger partial charge on any atom is -0.459 e. The largest absolute Gasteiger partial charge is 0.459 e. The second-order valence-corrected chi connectivity index (χ2v) is 4.53. The number of alkyl halides is 1. The molecule has 0 saturated carbocycles. The monoisotopic (exact) mass is 271 g/mol. The quantitative estimate of drug-likeness (QED) is 0.616. The van der Waals surface area contributed by atoms with Gasteiger partial charge in [-0.1, -0.05) is 0 Å². The van der Waals surface area contributed by atoms with Crippen LogP contribution in [0.5, 0.6) is 0 Å². The molecular formula is C13H18ClNO3. The van der Waals surface area contributed by atoms with Gasteiger partial charge in [0.15, 0.2) is 0 Å². The second kappa shape index (κ2) is 7.24. The van der Waals surface area contributed by atoms with E-state index in [0.717, 1.165) is 5.69 Å². The fourth-order valence-electron chi connectivity index (χ4n) is 1.30. The SMILES string of the molecule is CC(C)OC(=O)c1ccc(NCC(O)CCl)cc1. The van der Waals surface area contributed by atoms with Crippen LogP contribution in [-0.2, 0) is 4.74 Å². The first-order chi connectivity index (χ1) is 8.52. The number of rotatable bonds is 6. The zero-order chi connectivity index (χ0) is 13.5. The lowest BCUT2D eigenvalue weighted by Gasteiger charge is -2.11. The molecule has 1 rings (SSSR count). The highest BCUT2D eigenvalue weighted by atomic mass is 35.5. The maximum atomic E-state index is 11.6. The highest BCUT2D eigenvalue weighted by Gasteiger charge is 2.08. The first-order valence-electron chi connectivity index (χ1n) is 5.82. The molecule has 0 aliphatic carbocycles. The topological polar surface area (TPSA) is 58.6 Å². The van der Waals surface area contributed by atoms with Gasteiger partial charge >= 0.3 is 5.97 Å². The van der Waals surface area contributed by atoms with E-state index < -0.39 is 6.10 Å². The normalized spacial score (nSPS) is 12.3. The number of benzene rings is 1. The summed E-state index contributed by atoms with van der Waals surface area (Å²) in [7, 11) is 0. The lowest BCUT2D eigenvalue weighted by molar-refractivity contribution is 0.0378. The minimum atomic E-state index is -0.586. The zero-order valence-electron chi connectivity index (χ0n) is 10.5. The van der Waals surface area contributed by atoms with E-state index in [9.17, 15) is 9.90 Å². The predicted molar refractivity (Wildman–Crippen MR) is 72.2 cm³/mol. The predicted octanol–water partition coefficient (Wildman–Crippen LogP) is 2.26. The van der Waals surface area contributed by atoms with Gasteiger partial charge < -0.3 is 15.2 Å². The van der Waals surface area contributed by atoms with Crippen molar-refractivity contribution in [3.63, 3.8) is 0 Å². The molecule has 0 radical (unpaired) electrons. The van der Waals surface area contributed by atoms with Crippen molar-refractivity contribution in [3.05, 3.63) is 29.8 Å². The molecule has 1 aromatic rings. The molecule has 1 atom stereocenters.